The lowest BCUT2D eigenvalue weighted by Crippen LogP contribution is -2.13. The van der Waals surface area contributed by atoms with Crippen molar-refractivity contribution in [2.24, 2.45) is 5.14 Å². The number of nitrogen functional groups attached to an aromatic ring is 1. The second-order valence-corrected chi connectivity index (χ2v) is 3.00. The molecular weight excluding hydrogens is 158 g/mol. The van der Waals surface area contributed by atoms with E-state index < -0.39 is 15.2 Å². The Kier molecular flexibility index (Phi) is 1.34. The highest BCUT2D eigenvalue weighted by molar-refractivity contribution is 7.89. The molecule has 8 heteroatoms. The van der Waals surface area contributed by atoms with Crippen molar-refractivity contribution in [3.8, 4) is 0 Å². The van der Waals surface area contributed by atoms with Crippen molar-refractivity contribution < 1.29 is 8.42 Å². The van der Waals surface area contributed by atoms with Gasteiger partial charge in [-0.1, -0.05) is 0 Å². The fourth-order valence-corrected chi connectivity index (χ4v) is 0.784. The Labute approximate surface area is 56.5 Å². The highest BCUT2D eigenvalue weighted by atomic mass is 32.2. The van der Waals surface area contributed by atoms with Crippen LogP contribution in [0.1, 0.15) is 0 Å². The monoisotopic (exact) mass is 163 g/mol. The molecule has 0 unspecified atom stereocenters. The van der Waals surface area contributed by atoms with Crippen molar-refractivity contribution in [2.45, 2.75) is 5.16 Å². The molecule has 0 amide bonds. The molecule has 10 heavy (non-hydrogen) atoms. The quantitative estimate of drug-likeness (QED) is 0.442. The Morgan fingerprint density at radius 1 is 1.50 bits per heavy atom. The fraction of sp³-hybridized carbons (Fsp3) is 0. The zero-order chi connectivity index (χ0) is 7.78. The smallest absolute Gasteiger partial charge is 0.283 e. The summed E-state index contributed by atoms with van der Waals surface area (Å²) < 4.78 is 20.8. The Balaban J connectivity index is 3.21. The highest BCUT2D eigenvalue weighted by Gasteiger charge is 2.12. The molecule has 5 N–H and O–H groups in total. The van der Waals surface area contributed by atoms with Gasteiger partial charge in [-0.2, -0.15) is 4.98 Å². The molecule has 7 nitrogen and oxygen atoms in total. The van der Waals surface area contributed by atoms with Gasteiger partial charge in [0.15, 0.2) is 0 Å². The number of nitrogens with zero attached hydrogens (tertiary/aromatic N) is 2. The van der Waals surface area contributed by atoms with Crippen LogP contribution in [0.3, 0.4) is 0 Å². The first-order valence-corrected chi connectivity index (χ1v) is 3.75. The molecule has 0 aliphatic heterocycles. The minimum Gasteiger partial charge on any atom is -0.368 e. The van der Waals surface area contributed by atoms with E-state index in [2.05, 4.69) is 20.3 Å². The van der Waals surface area contributed by atoms with Gasteiger partial charge in [-0.3, -0.25) is 0 Å². The molecular formula is C2H5N5O2S. The molecule has 0 aromatic carbocycles. The van der Waals surface area contributed by atoms with Crippen LogP contribution in [0.2, 0.25) is 0 Å². The first-order valence-electron chi connectivity index (χ1n) is 2.21. The molecule has 0 saturated carbocycles. The summed E-state index contributed by atoms with van der Waals surface area (Å²) in [7, 11) is -3.82. The number of sulfonamides is 1. The molecule has 0 spiro atoms. The Hall–Kier alpha value is -1.15. The van der Waals surface area contributed by atoms with E-state index in [1.54, 1.807) is 0 Å². The molecule has 0 bridgehead atoms. The van der Waals surface area contributed by atoms with E-state index in [4.69, 9.17) is 5.73 Å². The minimum absolute atomic E-state index is 0.0796. The van der Waals surface area contributed by atoms with Crippen molar-refractivity contribution >= 4 is 16.0 Å². The summed E-state index contributed by atoms with van der Waals surface area (Å²) >= 11 is 0. The molecule has 0 atom stereocenters. The van der Waals surface area contributed by atoms with Crippen LogP contribution < -0.4 is 10.9 Å². The molecule has 0 aliphatic carbocycles. The molecule has 0 fully saturated rings. The van der Waals surface area contributed by atoms with Gasteiger partial charge in [0.1, 0.15) is 0 Å². The molecule has 1 aromatic heterocycles. The van der Waals surface area contributed by atoms with E-state index in [1.165, 1.54) is 0 Å². The van der Waals surface area contributed by atoms with Crippen LogP contribution in [0.15, 0.2) is 5.16 Å². The highest BCUT2D eigenvalue weighted by Crippen LogP contribution is 1.97. The average Bonchev–Trinajstić information content (AvgIpc) is 2.11. The van der Waals surface area contributed by atoms with E-state index in [9.17, 15) is 8.42 Å². The van der Waals surface area contributed by atoms with Gasteiger partial charge in [0, 0.05) is 0 Å². The van der Waals surface area contributed by atoms with Crippen molar-refractivity contribution in [2.75, 3.05) is 5.73 Å². The summed E-state index contributed by atoms with van der Waals surface area (Å²) in [6, 6.07) is 0. The maximum absolute atomic E-state index is 10.4. The van der Waals surface area contributed by atoms with Crippen molar-refractivity contribution in [3.63, 3.8) is 0 Å². The standard InChI is InChI=1S/C2H5N5O2S/c3-1-5-2(7-6-1)10(4,8)9/h(H2,4,8,9)(H3,3,5,6,7). The minimum atomic E-state index is -3.82. The number of hydrogen-bond acceptors (Lipinski definition) is 5. The first kappa shape index (κ1) is 6.96. The Bertz CT molecular complexity index is 325. The number of aromatic nitrogens is 3. The number of nitrogens with one attached hydrogen (secondary N) is 1. The summed E-state index contributed by atoms with van der Waals surface area (Å²) in [4.78, 5) is 3.28. The van der Waals surface area contributed by atoms with Gasteiger partial charge in [0.05, 0.1) is 0 Å². The molecule has 0 radical (unpaired) electrons. The van der Waals surface area contributed by atoms with Gasteiger partial charge in [0.25, 0.3) is 15.2 Å². The van der Waals surface area contributed by atoms with Crippen LogP contribution >= 0.6 is 0 Å². The van der Waals surface area contributed by atoms with Crippen molar-refractivity contribution in [1.82, 2.24) is 15.2 Å². The number of hydrogen-bond donors (Lipinski definition) is 3. The average molecular weight is 163 g/mol. The number of primary sulfonamides is 1. The fourth-order valence-electron chi connectivity index (χ4n) is 0.385. The van der Waals surface area contributed by atoms with E-state index >= 15 is 0 Å². The second kappa shape index (κ2) is 1.92. The van der Waals surface area contributed by atoms with Crippen LogP contribution in [-0.2, 0) is 10.0 Å². The van der Waals surface area contributed by atoms with Gasteiger partial charge < -0.3 is 5.73 Å². The molecule has 0 aliphatic rings. The molecule has 1 aromatic rings. The number of rotatable bonds is 1. The van der Waals surface area contributed by atoms with Gasteiger partial charge in [-0.15, -0.1) is 5.10 Å². The lowest BCUT2D eigenvalue weighted by Gasteiger charge is -1.83. The Morgan fingerprint density at radius 2 is 2.10 bits per heavy atom. The SMILES string of the molecule is Nc1nc(S(N)(=O)=O)n[nH]1. The molecule has 0 saturated heterocycles. The van der Waals surface area contributed by atoms with E-state index in [1.807, 2.05) is 0 Å². The number of H-pyrrole nitrogens is 1. The summed E-state index contributed by atoms with van der Waals surface area (Å²) in [6.45, 7) is 0. The molecule has 56 valence electrons. The van der Waals surface area contributed by atoms with E-state index in [0.29, 0.717) is 0 Å². The lowest BCUT2D eigenvalue weighted by molar-refractivity contribution is 0.589. The normalized spacial score (nSPS) is 11.7. The van der Waals surface area contributed by atoms with Crippen LogP contribution in [0.25, 0.3) is 0 Å². The lowest BCUT2D eigenvalue weighted by atomic mass is 11.1. The number of nitrogens with two attached hydrogens (primary N) is 2. The maximum Gasteiger partial charge on any atom is 0.283 e. The van der Waals surface area contributed by atoms with Crippen LogP contribution in [0.4, 0.5) is 5.95 Å². The Morgan fingerprint density at radius 3 is 2.30 bits per heavy atom. The number of aromatic amines is 1. The zero-order valence-corrected chi connectivity index (χ0v) is 5.59. The van der Waals surface area contributed by atoms with E-state index in [-0.39, 0.29) is 5.95 Å². The molecule has 1 heterocycles. The van der Waals surface area contributed by atoms with Crippen molar-refractivity contribution in [1.29, 1.82) is 0 Å². The molecule has 1 rings (SSSR count). The summed E-state index contributed by atoms with van der Waals surface area (Å²) in [5.74, 6) is -0.0796. The predicted octanol–water partition coefficient (Wildman–Crippen LogP) is -1.97. The largest absolute Gasteiger partial charge is 0.368 e. The number of anilines is 1. The third-order valence-electron chi connectivity index (χ3n) is 0.737. The third-order valence-corrected chi connectivity index (χ3v) is 1.43. The summed E-state index contributed by atoms with van der Waals surface area (Å²) in [5, 5.41) is 9.49. The van der Waals surface area contributed by atoms with Gasteiger partial charge >= 0.3 is 0 Å². The predicted molar refractivity (Wildman–Crippen MR) is 32.2 cm³/mol. The summed E-state index contributed by atoms with van der Waals surface area (Å²) in [6.07, 6.45) is 0. The van der Waals surface area contributed by atoms with Gasteiger partial charge in [-0.25, -0.2) is 18.7 Å². The van der Waals surface area contributed by atoms with Gasteiger partial charge in [0.2, 0.25) is 5.95 Å². The van der Waals surface area contributed by atoms with Crippen LogP contribution in [0, 0.1) is 0 Å². The van der Waals surface area contributed by atoms with Crippen LogP contribution in [0.5, 0.6) is 0 Å². The zero-order valence-electron chi connectivity index (χ0n) is 4.77. The first-order chi connectivity index (χ1) is 4.50. The maximum atomic E-state index is 10.4. The topological polar surface area (TPSA) is 128 Å². The van der Waals surface area contributed by atoms with Crippen molar-refractivity contribution in [3.05, 3.63) is 0 Å². The third kappa shape index (κ3) is 1.22. The van der Waals surface area contributed by atoms with Gasteiger partial charge in [-0.05, 0) is 0 Å². The summed E-state index contributed by atoms with van der Waals surface area (Å²) in [5.41, 5.74) is 5.03. The van der Waals surface area contributed by atoms with Crippen LogP contribution in [-0.4, -0.2) is 23.6 Å². The second-order valence-electron chi connectivity index (χ2n) is 1.55. The van der Waals surface area contributed by atoms with E-state index in [0.717, 1.165) is 0 Å².